The molecule has 0 spiro atoms. The fraction of sp³-hybridized carbons (Fsp3) is 0.0833. The van der Waals surface area contributed by atoms with Crippen molar-refractivity contribution in [1.29, 1.82) is 0 Å². The minimum absolute atomic E-state index is 0.000782. The highest BCUT2D eigenvalue weighted by atomic mass is 79.9. The molecule has 0 atom stereocenters. The summed E-state index contributed by atoms with van der Waals surface area (Å²) in [4.78, 5) is 11.9. The lowest BCUT2D eigenvalue weighted by atomic mass is 10.1. The van der Waals surface area contributed by atoms with Crippen LogP contribution in [-0.4, -0.2) is 5.91 Å². The lowest BCUT2D eigenvalue weighted by Gasteiger charge is -2.08. The van der Waals surface area contributed by atoms with Gasteiger partial charge in [0.15, 0.2) is 0 Å². The molecule has 0 aliphatic carbocycles. The van der Waals surface area contributed by atoms with E-state index in [1.54, 1.807) is 6.07 Å². The van der Waals surface area contributed by atoms with E-state index in [4.69, 9.17) is 17.3 Å². The van der Waals surface area contributed by atoms with Crippen LogP contribution in [0, 0.1) is 11.6 Å². The predicted molar refractivity (Wildman–Crippen MR) is 79.2 cm³/mol. The first-order valence-corrected chi connectivity index (χ1v) is 7.33. The Labute approximate surface area is 130 Å². The molecular formula is C12H8BrClF2N2OS. The Morgan fingerprint density at radius 3 is 2.60 bits per heavy atom. The Bertz CT molecular complexity index is 658. The first-order valence-electron chi connectivity index (χ1n) is 5.35. The molecule has 1 aromatic carbocycles. The van der Waals surface area contributed by atoms with Crippen LogP contribution in [0.3, 0.4) is 0 Å². The van der Waals surface area contributed by atoms with Crippen LogP contribution in [0.4, 0.5) is 14.5 Å². The SMILES string of the molecule is NC(=O)c1cc(NCc2cc(Br)c(Cl)s2)c(F)cc1F. The number of carbonyl (C=O) groups excluding carboxylic acids is 1. The van der Waals surface area contributed by atoms with Crippen molar-refractivity contribution in [2.24, 2.45) is 5.73 Å². The van der Waals surface area contributed by atoms with Gasteiger partial charge in [0.05, 0.1) is 11.3 Å². The smallest absolute Gasteiger partial charge is 0.251 e. The molecule has 1 amide bonds. The average Bonchev–Trinajstić information content (AvgIpc) is 2.67. The van der Waals surface area contributed by atoms with E-state index in [0.29, 0.717) is 10.4 Å². The van der Waals surface area contributed by atoms with Gasteiger partial charge in [-0.25, -0.2) is 8.78 Å². The van der Waals surface area contributed by atoms with Crippen molar-refractivity contribution in [1.82, 2.24) is 0 Å². The molecule has 3 N–H and O–H groups in total. The highest BCUT2D eigenvalue weighted by Gasteiger charge is 2.14. The Balaban J connectivity index is 2.21. The van der Waals surface area contributed by atoms with Gasteiger partial charge in [-0.3, -0.25) is 4.79 Å². The standard InChI is InChI=1S/C12H8BrClF2N2OS/c13-7-1-5(20-11(7)14)4-18-10-2-6(12(17)19)8(15)3-9(10)16/h1-3,18H,4H2,(H2,17,19). The second kappa shape index (κ2) is 6.07. The lowest BCUT2D eigenvalue weighted by molar-refractivity contribution is 0.0996. The number of hydrogen-bond donors (Lipinski definition) is 2. The lowest BCUT2D eigenvalue weighted by Crippen LogP contribution is -2.14. The Morgan fingerprint density at radius 1 is 1.35 bits per heavy atom. The third-order valence-electron chi connectivity index (χ3n) is 2.47. The molecule has 3 nitrogen and oxygen atoms in total. The van der Waals surface area contributed by atoms with Crippen molar-refractivity contribution in [3.05, 3.63) is 49.1 Å². The predicted octanol–water partition coefficient (Wildman–Crippen LogP) is 4.15. The minimum Gasteiger partial charge on any atom is -0.378 e. The fourth-order valence-electron chi connectivity index (χ4n) is 1.53. The van der Waals surface area contributed by atoms with Crippen LogP contribution in [0.1, 0.15) is 15.2 Å². The number of primary amides is 1. The minimum atomic E-state index is -0.984. The number of hydrogen-bond acceptors (Lipinski definition) is 3. The van der Waals surface area contributed by atoms with Gasteiger partial charge in [-0.15, -0.1) is 11.3 Å². The maximum absolute atomic E-state index is 13.6. The van der Waals surface area contributed by atoms with Gasteiger partial charge in [-0.1, -0.05) is 11.6 Å². The van der Waals surface area contributed by atoms with Crippen molar-refractivity contribution in [2.45, 2.75) is 6.54 Å². The number of benzene rings is 1. The highest BCUT2D eigenvalue weighted by Crippen LogP contribution is 2.32. The van der Waals surface area contributed by atoms with Crippen LogP contribution in [0.25, 0.3) is 0 Å². The fourth-order valence-corrected chi connectivity index (χ4v) is 3.26. The summed E-state index contributed by atoms with van der Waals surface area (Å²) in [6.07, 6.45) is 0. The zero-order valence-electron chi connectivity index (χ0n) is 9.84. The number of rotatable bonds is 4. The largest absolute Gasteiger partial charge is 0.378 e. The molecule has 20 heavy (non-hydrogen) atoms. The molecule has 0 bridgehead atoms. The molecule has 0 aliphatic heterocycles. The summed E-state index contributed by atoms with van der Waals surface area (Å²) in [5, 5.41) is 2.77. The number of carbonyl (C=O) groups is 1. The summed E-state index contributed by atoms with van der Waals surface area (Å²) >= 11 is 10.5. The van der Waals surface area contributed by atoms with Gasteiger partial charge in [0.25, 0.3) is 5.91 Å². The van der Waals surface area contributed by atoms with Gasteiger partial charge < -0.3 is 11.1 Å². The molecular weight excluding hydrogens is 374 g/mol. The third-order valence-corrected chi connectivity index (χ3v) is 4.95. The summed E-state index contributed by atoms with van der Waals surface area (Å²) in [5.74, 6) is -2.73. The first kappa shape index (κ1) is 15.2. The molecule has 1 heterocycles. The summed E-state index contributed by atoms with van der Waals surface area (Å²) in [7, 11) is 0. The van der Waals surface area contributed by atoms with E-state index in [0.717, 1.165) is 15.4 Å². The Hall–Kier alpha value is -1.18. The number of thiophene rings is 1. The number of halogens is 4. The Morgan fingerprint density at radius 2 is 2.05 bits per heavy atom. The summed E-state index contributed by atoms with van der Waals surface area (Å²) in [5.41, 5.74) is 4.65. The van der Waals surface area contributed by atoms with Crippen molar-refractivity contribution in [2.75, 3.05) is 5.32 Å². The van der Waals surface area contributed by atoms with Crippen LogP contribution < -0.4 is 11.1 Å². The van der Waals surface area contributed by atoms with Crippen LogP contribution >= 0.6 is 38.9 Å². The molecule has 0 unspecified atom stereocenters. The van der Waals surface area contributed by atoms with Gasteiger partial charge in [0.2, 0.25) is 0 Å². The average molecular weight is 382 g/mol. The number of amides is 1. The van der Waals surface area contributed by atoms with Crippen molar-refractivity contribution < 1.29 is 13.6 Å². The maximum atomic E-state index is 13.6. The molecule has 0 aliphatic rings. The molecule has 0 fully saturated rings. The Kier molecular flexibility index (Phi) is 4.62. The normalized spacial score (nSPS) is 10.6. The van der Waals surface area contributed by atoms with E-state index in [-0.39, 0.29) is 17.8 Å². The molecule has 1 aromatic heterocycles. The monoisotopic (exact) mass is 380 g/mol. The summed E-state index contributed by atoms with van der Waals surface area (Å²) in [6, 6.07) is 3.47. The van der Waals surface area contributed by atoms with E-state index in [1.807, 2.05) is 0 Å². The van der Waals surface area contributed by atoms with Crippen molar-refractivity contribution in [3.8, 4) is 0 Å². The van der Waals surface area contributed by atoms with E-state index in [2.05, 4.69) is 21.2 Å². The zero-order valence-corrected chi connectivity index (χ0v) is 13.0. The first-order chi connectivity index (χ1) is 9.38. The van der Waals surface area contributed by atoms with E-state index < -0.39 is 17.5 Å². The summed E-state index contributed by atoms with van der Waals surface area (Å²) < 4.78 is 28.2. The van der Waals surface area contributed by atoms with Crippen molar-refractivity contribution in [3.63, 3.8) is 0 Å². The van der Waals surface area contributed by atoms with Gasteiger partial charge in [0, 0.05) is 22.0 Å². The summed E-state index contributed by atoms with van der Waals surface area (Å²) in [6.45, 7) is 0.288. The maximum Gasteiger partial charge on any atom is 0.251 e. The molecule has 0 saturated carbocycles. The van der Waals surface area contributed by atoms with E-state index >= 15 is 0 Å². The molecule has 2 aromatic rings. The topological polar surface area (TPSA) is 55.1 Å². The third kappa shape index (κ3) is 3.28. The molecule has 0 radical (unpaired) electrons. The van der Waals surface area contributed by atoms with Crippen LogP contribution in [-0.2, 0) is 6.54 Å². The van der Waals surface area contributed by atoms with E-state index in [1.165, 1.54) is 11.3 Å². The van der Waals surface area contributed by atoms with Gasteiger partial charge in [0.1, 0.15) is 16.0 Å². The second-order valence-corrected chi connectivity index (χ2v) is 6.46. The van der Waals surface area contributed by atoms with Crippen LogP contribution in [0.15, 0.2) is 22.7 Å². The zero-order chi connectivity index (χ0) is 14.9. The molecule has 106 valence electrons. The highest BCUT2D eigenvalue weighted by molar-refractivity contribution is 9.10. The number of nitrogens with one attached hydrogen (secondary N) is 1. The van der Waals surface area contributed by atoms with Crippen LogP contribution in [0.5, 0.6) is 0 Å². The molecule has 0 saturated heterocycles. The van der Waals surface area contributed by atoms with Crippen molar-refractivity contribution >= 4 is 50.5 Å². The molecule has 8 heteroatoms. The quantitative estimate of drug-likeness (QED) is 0.836. The van der Waals surface area contributed by atoms with Crippen LogP contribution in [0.2, 0.25) is 4.34 Å². The van der Waals surface area contributed by atoms with Gasteiger partial charge in [-0.05, 0) is 28.1 Å². The number of nitrogens with two attached hydrogens (primary N) is 1. The number of anilines is 1. The van der Waals surface area contributed by atoms with E-state index in [9.17, 15) is 13.6 Å². The molecule has 2 rings (SSSR count). The van der Waals surface area contributed by atoms with Gasteiger partial charge >= 0.3 is 0 Å². The second-order valence-electron chi connectivity index (χ2n) is 3.86. The van der Waals surface area contributed by atoms with Gasteiger partial charge in [-0.2, -0.15) is 0 Å².